The van der Waals surface area contributed by atoms with Gasteiger partial charge < -0.3 is 14.8 Å². The molecule has 1 rings (SSSR count). The first-order valence-corrected chi connectivity index (χ1v) is 6.46. The second kappa shape index (κ2) is 8.53. The van der Waals surface area contributed by atoms with Crippen molar-refractivity contribution in [3.8, 4) is 0 Å². The normalized spacial score (nSPS) is 10.9. The molecule has 0 amide bonds. The topological polar surface area (TPSA) is 30.5 Å². The van der Waals surface area contributed by atoms with Gasteiger partial charge in [0.1, 0.15) is 0 Å². The van der Waals surface area contributed by atoms with E-state index >= 15 is 0 Å². The Bertz CT molecular complexity index is 390. The van der Waals surface area contributed by atoms with Crippen molar-refractivity contribution in [2.75, 3.05) is 13.2 Å². The lowest BCUT2D eigenvalue weighted by atomic mass is 10.2. The molecule has 0 radical (unpaired) electrons. The molecule has 4 heteroatoms. The second-order valence-corrected chi connectivity index (χ2v) is 3.94. The number of rotatable bonds is 7. The van der Waals surface area contributed by atoms with Gasteiger partial charge in [-0.25, -0.2) is 0 Å². The van der Waals surface area contributed by atoms with Gasteiger partial charge in [-0.2, -0.15) is 0 Å². The summed E-state index contributed by atoms with van der Waals surface area (Å²) in [5.74, 6) is 0.639. The summed E-state index contributed by atoms with van der Waals surface area (Å²) < 4.78 is 10.7. The minimum Gasteiger partial charge on any atom is -0.483 e. The van der Waals surface area contributed by atoms with Gasteiger partial charge in [0.2, 0.25) is 0 Å². The highest BCUT2D eigenvalue weighted by Gasteiger charge is 2.00. The fourth-order valence-electron chi connectivity index (χ4n) is 1.38. The fraction of sp³-hybridized carbons (Fsp3) is 0.357. The number of hydrogen-bond acceptors (Lipinski definition) is 4. The lowest BCUT2D eigenvalue weighted by molar-refractivity contribution is 0.204. The van der Waals surface area contributed by atoms with Crippen molar-refractivity contribution in [1.29, 1.82) is 0 Å². The Hall–Kier alpha value is -1.55. The van der Waals surface area contributed by atoms with E-state index in [0.29, 0.717) is 30.7 Å². The summed E-state index contributed by atoms with van der Waals surface area (Å²) in [6, 6.07) is 10.1. The number of benzene rings is 1. The molecule has 0 saturated heterocycles. The van der Waals surface area contributed by atoms with E-state index in [4.69, 9.17) is 21.7 Å². The van der Waals surface area contributed by atoms with Gasteiger partial charge in [0, 0.05) is 6.54 Å². The molecule has 0 bridgehead atoms. The lowest BCUT2D eigenvalue weighted by Gasteiger charge is -2.12. The highest BCUT2D eigenvalue weighted by atomic mass is 32.1. The standard InChI is InChI=1S/C14H19NO2S/c1-3-16-13(10-14(18)17-4-2)15-11-12-8-6-5-7-9-12/h5-10,15H,3-4,11H2,1-2H3/b13-10+. The molecule has 1 aromatic carbocycles. The van der Waals surface area contributed by atoms with Crippen LogP contribution < -0.4 is 5.32 Å². The average molecular weight is 265 g/mol. The van der Waals surface area contributed by atoms with Gasteiger partial charge in [0.25, 0.3) is 0 Å². The van der Waals surface area contributed by atoms with Gasteiger partial charge in [-0.3, -0.25) is 0 Å². The Labute approximate surface area is 114 Å². The van der Waals surface area contributed by atoms with E-state index < -0.39 is 0 Å². The minimum atomic E-state index is 0.432. The maximum absolute atomic E-state index is 5.46. The molecule has 0 aliphatic heterocycles. The van der Waals surface area contributed by atoms with Crippen LogP contribution in [-0.2, 0) is 16.0 Å². The van der Waals surface area contributed by atoms with Crippen LogP contribution in [0.1, 0.15) is 19.4 Å². The second-order valence-electron chi connectivity index (χ2n) is 3.53. The molecular weight excluding hydrogens is 246 g/mol. The van der Waals surface area contributed by atoms with E-state index in [0.717, 1.165) is 0 Å². The molecule has 18 heavy (non-hydrogen) atoms. The Morgan fingerprint density at radius 1 is 1.17 bits per heavy atom. The van der Waals surface area contributed by atoms with Gasteiger partial charge >= 0.3 is 0 Å². The quantitative estimate of drug-likeness (QED) is 0.466. The number of nitrogens with one attached hydrogen (secondary N) is 1. The number of thiocarbonyl (C=S) groups is 1. The van der Waals surface area contributed by atoms with Crippen molar-refractivity contribution in [1.82, 2.24) is 5.32 Å². The van der Waals surface area contributed by atoms with Crippen LogP contribution in [0.5, 0.6) is 0 Å². The van der Waals surface area contributed by atoms with E-state index in [2.05, 4.69) is 17.4 Å². The SMILES string of the molecule is CCOC(=S)/C=C(\NCc1ccccc1)OCC. The molecule has 3 nitrogen and oxygen atoms in total. The summed E-state index contributed by atoms with van der Waals surface area (Å²) in [4.78, 5) is 0. The van der Waals surface area contributed by atoms with Crippen LogP contribution in [0.15, 0.2) is 42.3 Å². The average Bonchev–Trinajstić information content (AvgIpc) is 2.38. The van der Waals surface area contributed by atoms with Crippen LogP contribution in [-0.4, -0.2) is 18.3 Å². The number of hydrogen-bond donors (Lipinski definition) is 1. The molecule has 0 aliphatic carbocycles. The zero-order chi connectivity index (χ0) is 13.2. The van der Waals surface area contributed by atoms with Gasteiger partial charge in [-0.15, -0.1) is 0 Å². The molecule has 0 atom stereocenters. The fourth-order valence-corrected chi connectivity index (χ4v) is 1.60. The predicted molar refractivity (Wildman–Crippen MR) is 77.2 cm³/mol. The molecule has 0 aliphatic rings. The first kappa shape index (κ1) is 14.5. The van der Waals surface area contributed by atoms with Crippen LogP contribution in [0.4, 0.5) is 0 Å². The Morgan fingerprint density at radius 2 is 1.83 bits per heavy atom. The van der Waals surface area contributed by atoms with E-state index in [1.165, 1.54) is 5.56 Å². The highest BCUT2D eigenvalue weighted by Crippen LogP contribution is 2.01. The van der Waals surface area contributed by atoms with Crippen LogP contribution >= 0.6 is 12.2 Å². The lowest BCUT2D eigenvalue weighted by Crippen LogP contribution is -2.17. The summed E-state index contributed by atoms with van der Waals surface area (Å²) in [5, 5.41) is 3.63. The Balaban J connectivity index is 2.55. The largest absolute Gasteiger partial charge is 0.483 e. The molecule has 0 saturated carbocycles. The molecule has 0 aromatic heterocycles. The first-order valence-electron chi connectivity index (χ1n) is 6.05. The summed E-state index contributed by atoms with van der Waals surface area (Å²) in [6.07, 6.45) is 1.70. The smallest absolute Gasteiger partial charge is 0.191 e. The first-order chi connectivity index (χ1) is 8.76. The van der Waals surface area contributed by atoms with Crippen molar-refractivity contribution in [3.63, 3.8) is 0 Å². The summed E-state index contributed by atoms with van der Waals surface area (Å²) >= 11 is 5.06. The third-order valence-electron chi connectivity index (χ3n) is 2.14. The molecule has 0 fully saturated rings. The van der Waals surface area contributed by atoms with Crippen molar-refractivity contribution in [2.45, 2.75) is 20.4 Å². The highest BCUT2D eigenvalue weighted by molar-refractivity contribution is 7.80. The molecule has 0 heterocycles. The molecule has 1 N–H and O–H groups in total. The monoisotopic (exact) mass is 265 g/mol. The third kappa shape index (κ3) is 5.68. The minimum absolute atomic E-state index is 0.432. The van der Waals surface area contributed by atoms with Gasteiger partial charge in [-0.05, 0) is 31.6 Å². The summed E-state index contributed by atoms with van der Waals surface area (Å²) in [7, 11) is 0. The molecule has 98 valence electrons. The maximum Gasteiger partial charge on any atom is 0.191 e. The van der Waals surface area contributed by atoms with Crippen molar-refractivity contribution >= 4 is 17.3 Å². The zero-order valence-corrected chi connectivity index (χ0v) is 11.6. The van der Waals surface area contributed by atoms with Crippen LogP contribution in [0.25, 0.3) is 0 Å². The summed E-state index contributed by atoms with van der Waals surface area (Å²) in [6.45, 7) is 5.68. The van der Waals surface area contributed by atoms with E-state index in [9.17, 15) is 0 Å². The van der Waals surface area contributed by atoms with Crippen LogP contribution in [0.3, 0.4) is 0 Å². The van der Waals surface area contributed by atoms with Crippen molar-refractivity contribution < 1.29 is 9.47 Å². The van der Waals surface area contributed by atoms with Crippen LogP contribution in [0, 0.1) is 0 Å². The maximum atomic E-state index is 5.46. The van der Waals surface area contributed by atoms with E-state index in [1.54, 1.807) is 6.08 Å². The summed E-state index contributed by atoms with van der Waals surface area (Å²) in [5.41, 5.74) is 1.19. The van der Waals surface area contributed by atoms with Gasteiger partial charge in [0.05, 0.1) is 19.3 Å². The van der Waals surface area contributed by atoms with Gasteiger partial charge in [0.15, 0.2) is 10.9 Å². The van der Waals surface area contributed by atoms with Crippen molar-refractivity contribution in [2.24, 2.45) is 0 Å². The molecule has 0 spiro atoms. The Morgan fingerprint density at radius 3 is 2.44 bits per heavy atom. The van der Waals surface area contributed by atoms with Gasteiger partial charge in [-0.1, -0.05) is 30.3 Å². The number of ether oxygens (including phenoxy) is 2. The zero-order valence-electron chi connectivity index (χ0n) is 10.8. The molecule has 1 aromatic rings. The Kier molecular flexibility index (Phi) is 6.87. The van der Waals surface area contributed by atoms with E-state index in [1.807, 2.05) is 32.0 Å². The van der Waals surface area contributed by atoms with Crippen molar-refractivity contribution in [3.05, 3.63) is 47.9 Å². The van der Waals surface area contributed by atoms with E-state index in [-0.39, 0.29) is 0 Å². The predicted octanol–water partition coefficient (Wildman–Crippen LogP) is 3.02. The van der Waals surface area contributed by atoms with Crippen LogP contribution in [0.2, 0.25) is 0 Å². The molecular formula is C14H19NO2S. The third-order valence-corrected chi connectivity index (χ3v) is 2.38. The molecule has 0 unspecified atom stereocenters.